The number of hydrogen-bond donors (Lipinski definition) is 1. The van der Waals surface area contributed by atoms with Crippen LogP contribution in [0.15, 0.2) is 61.1 Å². The molecule has 1 aromatic carbocycles. The van der Waals surface area contributed by atoms with Crippen molar-refractivity contribution in [3.05, 3.63) is 81.8 Å². The zero-order valence-electron chi connectivity index (χ0n) is 15.3. The van der Waals surface area contributed by atoms with Crippen molar-refractivity contribution in [3.8, 4) is 5.69 Å². The van der Waals surface area contributed by atoms with Crippen LogP contribution in [0.25, 0.3) is 5.69 Å². The molecule has 0 saturated heterocycles. The number of benzene rings is 1. The molecule has 7 heteroatoms. The first-order chi connectivity index (χ1) is 12.7. The van der Waals surface area contributed by atoms with Crippen LogP contribution in [-0.4, -0.2) is 9.91 Å². The molecule has 0 radical (unpaired) electrons. The highest BCUT2D eigenvalue weighted by molar-refractivity contribution is 6.30. The molecule has 0 aliphatic carbocycles. The smallest absolute Gasteiger partial charge is 0.318 e. The van der Waals surface area contributed by atoms with E-state index in [4.69, 9.17) is 11.6 Å². The third-order valence-corrected chi connectivity index (χ3v) is 4.40. The number of halogens is 1. The molecule has 0 saturated carbocycles. The maximum Gasteiger partial charge on any atom is 0.318 e. The third kappa shape index (κ3) is 4.41. The van der Waals surface area contributed by atoms with Crippen LogP contribution in [0.2, 0.25) is 5.02 Å². The number of nitro groups is 1. The van der Waals surface area contributed by atoms with Crippen molar-refractivity contribution in [3.63, 3.8) is 0 Å². The molecule has 0 fully saturated rings. The molecule has 6 nitrogen and oxygen atoms in total. The van der Waals surface area contributed by atoms with Gasteiger partial charge in [-0.2, -0.15) is 4.57 Å². The highest BCUT2D eigenvalue weighted by Gasteiger charge is 2.21. The van der Waals surface area contributed by atoms with Gasteiger partial charge in [0.15, 0.2) is 12.4 Å². The fourth-order valence-corrected chi connectivity index (χ4v) is 2.71. The molecule has 138 valence electrons. The van der Waals surface area contributed by atoms with E-state index in [-0.39, 0.29) is 16.9 Å². The maximum atomic E-state index is 11.5. The van der Waals surface area contributed by atoms with Gasteiger partial charge in [0.05, 0.1) is 11.0 Å². The second kappa shape index (κ2) is 7.32. The Bertz CT molecular complexity index is 965. The van der Waals surface area contributed by atoms with Crippen LogP contribution in [0, 0.1) is 10.1 Å². The van der Waals surface area contributed by atoms with Crippen molar-refractivity contribution in [2.75, 3.05) is 5.32 Å². The van der Waals surface area contributed by atoms with Gasteiger partial charge in [-0.15, -0.1) is 0 Å². The summed E-state index contributed by atoms with van der Waals surface area (Å²) in [7, 11) is 0. The lowest BCUT2D eigenvalue weighted by atomic mass is 9.88. The molecule has 0 amide bonds. The van der Waals surface area contributed by atoms with Gasteiger partial charge < -0.3 is 5.32 Å². The average molecular weight is 384 g/mol. The summed E-state index contributed by atoms with van der Waals surface area (Å²) in [6.07, 6.45) is 5.36. The number of rotatable bonds is 4. The summed E-state index contributed by atoms with van der Waals surface area (Å²) in [6.45, 7) is 6.41. The zero-order chi connectivity index (χ0) is 19.6. The van der Waals surface area contributed by atoms with Gasteiger partial charge >= 0.3 is 5.69 Å². The second-order valence-electron chi connectivity index (χ2n) is 7.19. The van der Waals surface area contributed by atoms with Gasteiger partial charge in [0.1, 0.15) is 6.20 Å². The molecule has 0 aliphatic rings. The topological polar surface area (TPSA) is 71.9 Å². The summed E-state index contributed by atoms with van der Waals surface area (Å²) in [5.41, 5.74) is 2.40. The van der Waals surface area contributed by atoms with Gasteiger partial charge in [-0.25, -0.2) is 4.98 Å². The van der Waals surface area contributed by atoms with Crippen LogP contribution in [0.3, 0.4) is 0 Å². The summed E-state index contributed by atoms with van der Waals surface area (Å²) >= 11 is 5.87. The molecule has 0 bridgehead atoms. The number of nitrogens with zero attached hydrogens (tertiary/aromatic N) is 3. The molecular formula is C20H20ClN4O2+. The Morgan fingerprint density at radius 3 is 2.30 bits per heavy atom. The number of hydrogen-bond acceptors (Lipinski definition) is 4. The predicted octanol–water partition coefficient (Wildman–Crippen LogP) is 4.96. The highest BCUT2D eigenvalue weighted by Crippen LogP contribution is 2.27. The van der Waals surface area contributed by atoms with E-state index in [9.17, 15) is 10.1 Å². The SMILES string of the molecule is CC(C)(C)c1cc[n+](-c2cnc(Nc3ccc(Cl)cc3)c([N+](=O)[O-])c2)cc1. The Morgan fingerprint density at radius 1 is 1.11 bits per heavy atom. The van der Waals surface area contributed by atoms with Crippen LogP contribution >= 0.6 is 11.6 Å². The lowest BCUT2D eigenvalue weighted by Gasteiger charge is -2.17. The van der Waals surface area contributed by atoms with Gasteiger partial charge in [0.2, 0.25) is 11.5 Å². The van der Waals surface area contributed by atoms with E-state index in [1.807, 2.05) is 24.5 Å². The minimum absolute atomic E-state index is 0.0374. The maximum absolute atomic E-state index is 11.5. The van der Waals surface area contributed by atoms with Crippen LogP contribution in [-0.2, 0) is 5.41 Å². The molecular weight excluding hydrogens is 364 g/mol. The lowest BCUT2D eigenvalue weighted by Crippen LogP contribution is -2.30. The first-order valence-corrected chi connectivity index (χ1v) is 8.81. The van der Waals surface area contributed by atoms with E-state index in [1.54, 1.807) is 35.0 Å². The van der Waals surface area contributed by atoms with Crippen LogP contribution in [0.4, 0.5) is 17.2 Å². The Kier molecular flexibility index (Phi) is 5.10. The summed E-state index contributed by atoms with van der Waals surface area (Å²) in [4.78, 5) is 15.3. The van der Waals surface area contributed by atoms with Gasteiger partial charge in [-0.3, -0.25) is 10.1 Å². The van der Waals surface area contributed by atoms with Crippen molar-refractivity contribution in [2.24, 2.45) is 0 Å². The van der Waals surface area contributed by atoms with Gasteiger partial charge in [0.25, 0.3) is 0 Å². The molecule has 3 rings (SSSR count). The van der Waals surface area contributed by atoms with E-state index >= 15 is 0 Å². The molecule has 2 aromatic heterocycles. The first kappa shape index (κ1) is 18.8. The van der Waals surface area contributed by atoms with E-state index in [0.717, 1.165) is 0 Å². The summed E-state index contributed by atoms with van der Waals surface area (Å²) < 4.78 is 1.81. The standard InChI is InChI=1S/C20H20ClN4O2/c1-20(2,3)14-8-10-24(11-9-14)17-12-18(25(26)27)19(22-13-17)23-16-6-4-15(21)5-7-16/h4-13H,1-3H3,(H,22,23)/q+1. The summed E-state index contributed by atoms with van der Waals surface area (Å²) in [5, 5.41) is 15.1. The normalized spacial score (nSPS) is 11.3. The van der Waals surface area contributed by atoms with Crippen LogP contribution < -0.4 is 9.88 Å². The number of pyridine rings is 2. The molecule has 2 heterocycles. The predicted molar refractivity (Wildman–Crippen MR) is 106 cm³/mol. The van der Waals surface area contributed by atoms with Crippen LogP contribution in [0.5, 0.6) is 0 Å². The van der Waals surface area contributed by atoms with Crippen molar-refractivity contribution in [1.82, 2.24) is 4.98 Å². The zero-order valence-corrected chi connectivity index (χ0v) is 16.1. The van der Waals surface area contributed by atoms with Crippen molar-refractivity contribution in [2.45, 2.75) is 26.2 Å². The van der Waals surface area contributed by atoms with Crippen molar-refractivity contribution >= 4 is 28.8 Å². The minimum atomic E-state index is -0.446. The molecule has 0 unspecified atom stereocenters. The van der Waals surface area contributed by atoms with E-state index in [2.05, 4.69) is 31.1 Å². The Balaban J connectivity index is 1.93. The average Bonchev–Trinajstić information content (AvgIpc) is 2.63. The van der Waals surface area contributed by atoms with Gasteiger partial charge in [-0.05, 0) is 35.2 Å². The molecule has 0 aliphatic heterocycles. The number of anilines is 2. The molecule has 1 N–H and O–H groups in total. The third-order valence-electron chi connectivity index (χ3n) is 4.15. The monoisotopic (exact) mass is 383 g/mol. The largest absolute Gasteiger partial charge is 0.334 e. The molecule has 0 atom stereocenters. The summed E-state index contributed by atoms with van der Waals surface area (Å²) in [6, 6.07) is 12.4. The fraction of sp³-hybridized carbons (Fsp3) is 0.200. The first-order valence-electron chi connectivity index (χ1n) is 8.43. The minimum Gasteiger partial charge on any atom is -0.334 e. The highest BCUT2D eigenvalue weighted by atomic mass is 35.5. The second-order valence-corrected chi connectivity index (χ2v) is 7.63. The Hall–Kier alpha value is -2.99. The van der Waals surface area contributed by atoms with Gasteiger partial charge in [0, 0.05) is 22.8 Å². The molecule has 27 heavy (non-hydrogen) atoms. The molecule has 0 spiro atoms. The quantitative estimate of drug-likeness (QED) is 0.392. The summed E-state index contributed by atoms with van der Waals surface area (Å²) in [5.74, 6) is 0.179. The Morgan fingerprint density at radius 2 is 1.74 bits per heavy atom. The lowest BCUT2D eigenvalue weighted by molar-refractivity contribution is -0.596. The van der Waals surface area contributed by atoms with Crippen molar-refractivity contribution < 1.29 is 9.49 Å². The molecule has 3 aromatic rings. The van der Waals surface area contributed by atoms with E-state index in [1.165, 1.54) is 11.6 Å². The van der Waals surface area contributed by atoms with Crippen LogP contribution in [0.1, 0.15) is 26.3 Å². The fourth-order valence-electron chi connectivity index (χ4n) is 2.59. The van der Waals surface area contributed by atoms with E-state index in [0.29, 0.717) is 16.4 Å². The van der Waals surface area contributed by atoms with Gasteiger partial charge in [-0.1, -0.05) is 32.4 Å². The Labute approximate surface area is 162 Å². The number of aromatic nitrogens is 2. The number of nitrogens with one attached hydrogen (secondary N) is 1. The van der Waals surface area contributed by atoms with E-state index < -0.39 is 4.92 Å². The van der Waals surface area contributed by atoms with Crippen molar-refractivity contribution in [1.29, 1.82) is 0 Å².